The van der Waals surface area contributed by atoms with Gasteiger partial charge in [0.2, 0.25) is 11.0 Å². The third kappa shape index (κ3) is 5.78. The number of carbonyl (C=O) groups is 2. The predicted octanol–water partition coefficient (Wildman–Crippen LogP) is 6.49. The number of carboxylic acids is 1. The van der Waals surface area contributed by atoms with Crippen LogP contribution < -0.4 is 9.61 Å². The molecule has 3 aromatic rings. The molecule has 10 heteroatoms. The molecule has 2 aromatic carbocycles. The Morgan fingerprint density at radius 2 is 1.94 bits per heavy atom. The second-order valence-corrected chi connectivity index (χ2v) is 11.3. The Morgan fingerprint density at radius 1 is 1.22 bits per heavy atom. The van der Waals surface area contributed by atoms with Crippen LogP contribution in [-0.4, -0.2) is 28.0 Å². The average molecular weight is 496 g/mol. The third-order valence-corrected chi connectivity index (χ3v) is 8.96. The van der Waals surface area contributed by atoms with E-state index in [1.807, 2.05) is 6.92 Å². The second kappa shape index (κ2) is 10.6. The molecule has 3 atom stereocenters. The SMILES string of the molecule is CCCSC(=O)[C@H](C)NP(=O)(Oc1ccccc1)C(F)c1ccc2sc(C(=O)O)cc2c1. The lowest BCUT2D eigenvalue weighted by atomic mass is 10.2. The Hall–Kier alpha value is -2.19. The molecule has 2 unspecified atom stereocenters. The lowest BCUT2D eigenvalue weighted by Crippen LogP contribution is -2.32. The van der Waals surface area contributed by atoms with E-state index in [0.717, 1.165) is 29.5 Å². The number of para-hydroxylation sites is 1. The number of hydrogen-bond acceptors (Lipinski definition) is 6. The fourth-order valence-corrected chi connectivity index (χ4v) is 6.54. The topological polar surface area (TPSA) is 92.7 Å². The van der Waals surface area contributed by atoms with E-state index in [1.54, 1.807) is 36.4 Å². The average Bonchev–Trinajstić information content (AvgIpc) is 3.21. The fraction of sp³-hybridized carbons (Fsp3) is 0.273. The van der Waals surface area contributed by atoms with Crippen LogP contribution in [0.25, 0.3) is 10.1 Å². The summed E-state index contributed by atoms with van der Waals surface area (Å²) in [6.45, 7) is 3.47. The molecule has 0 bridgehead atoms. The Labute approximate surface area is 193 Å². The molecule has 0 aliphatic heterocycles. The number of alkyl halides is 1. The summed E-state index contributed by atoms with van der Waals surface area (Å²) in [6.07, 6.45) is 0.798. The lowest BCUT2D eigenvalue weighted by molar-refractivity contribution is -0.112. The summed E-state index contributed by atoms with van der Waals surface area (Å²) in [5, 5.41) is 12.1. The summed E-state index contributed by atoms with van der Waals surface area (Å²) in [7, 11) is -4.25. The van der Waals surface area contributed by atoms with Crippen molar-refractivity contribution in [3.63, 3.8) is 0 Å². The Bertz CT molecular complexity index is 1150. The number of carbonyl (C=O) groups excluding carboxylic acids is 1. The van der Waals surface area contributed by atoms with Crippen LogP contribution in [0.2, 0.25) is 0 Å². The maximum Gasteiger partial charge on any atom is 0.355 e. The Morgan fingerprint density at radius 3 is 2.59 bits per heavy atom. The van der Waals surface area contributed by atoms with Gasteiger partial charge in [-0.1, -0.05) is 43.0 Å². The van der Waals surface area contributed by atoms with E-state index >= 15 is 4.39 Å². The molecule has 0 aliphatic rings. The Kier molecular flexibility index (Phi) is 8.11. The number of aromatic carboxylic acids is 1. The van der Waals surface area contributed by atoms with E-state index in [-0.39, 0.29) is 21.3 Å². The molecular weight excluding hydrogens is 472 g/mol. The Balaban J connectivity index is 1.94. The summed E-state index contributed by atoms with van der Waals surface area (Å²) >= 11 is 2.16. The van der Waals surface area contributed by atoms with Crippen LogP contribution >= 0.6 is 30.6 Å². The number of fused-ring (bicyclic) bond motifs is 1. The van der Waals surface area contributed by atoms with Gasteiger partial charge in [-0.3, -0.25) is 9.36 Å². The van der Waals surface area contributed by atoms with Gasteiger partial charge >= 0.3 is 13.5 Å². The number of rotatable bonds is 10. The molecule has 0 radical (unpaired) electrons. The molecule has 170 valence electrons. The van der Waals surface area contributed by atoms with Gasteiger partial charge < -0.3 is 9.63 Å². The number of hydrogen-bond donors (Lipinski definition) is 2. The van der Waals surface area contributed by atoms with Crippen molar-refractivity contribution in [1.82, 2.24) is 5.09 Å². The second-order valence-electron chi connectivity index (χ2n) is 7.07. The van der Waals surface area contributed by atoms with Crippen LogP contribution in [0.1, 0.15) is 41.4 Å². The number of thioether (sulfide) groups is 1. The predicted molar refractivity (Wildman–Crippen MR) is 128 cm³/mol. The van der Waals surface area contributed by atoms with Crippen molar-refractivity contribution in [2.24, 2.45) is 0 Å². The summed E-state index contributed by atoms with van der Waals surface area (Å²) in [5.41, 5.74) is 0.0693. The number of thiophene rings is 1. The van der Waals surface area contributed by atoms with Crippen molar-refractivity contribution < 1.29 is 28.2 Å². The molecule has 2 N–H and O–H groups in total. The van der Waals surface area contributed by atoms with E-state index in [4.69, 9.17) is 4.52 Å². The van der Waals surface area contributed by atoms with E-state index in [2.05, 4.69) is 5.09 Å². The third-order valence-electron chi connectivity index (χ3n) is 4.48. The van der Waals surface area contributed by atoms with Gasteiger partial charge in [0.05, 0.1) is 6.04 Å². The van der Waals surface area contributed by atoms with E-state index in [1.165, 1.54) is 25.1 Å². The molecule has 32 heavy (non-hydrogen) atoms. The van der Waals surface area contributed by atoms with Gasteiger partial charge in [-0.25, -0.2) is 14.3 Å². The number of halogens is 1. The van der Waals surface area contributed by atoms with Gasteiger partial charge in [0.1, 0.15) is 10.6 Å². The number of nitrogens with one attached hydrogen (secondary N) is 1. The molecule has 1 aromatic heterocycles. The summed E-state index contributed by atoms with van der Waals surface area (Å²) in [4.78, 5) is 23.7. The number of benzene rings is 2. The quantitative estimate of drug-likeness (QED) is 0.311. The first-order valence-electron chi connectivity index (χ1n) is 9.93. The first kappa shape index (κ1) is 24.5. The van der Waals surface area contributed by atoms with Crippen molar-refractivity contribution in [3.8, 4) is 5.75 Å². The van der Waals surface area contributed by atoms with Crippen LogP contribution in [0.3, 0.4) is 0 Å². The zero-order chi connectivity index (χ0) is 23.3. The maximum absolute atomic E-state index is 15.8. The molecule has 0 fully saturated rings. The maximum atomic E-state index is 15.8. The van der Waals surface area contributed by atoms with Crippen molar-refractivity contribution >= 4 is 51.8 Å². The van der Waals surface area contributed by atoms with Gasteiger partial charge in [0.25, 0.3) is 0 Å². The monoisotopic (exact) mass is 495 g/mol. The zero-order valence-electron chi connectivity index (χ0n) is 17.5. The highest BCUT2D eigenvalue weighted by Crippen LogP contribution is 2.58. The summed E-state index contributed by atoms with van der Waals surface area (Å²) in [5.74, 6) is -2.33. The van der Waals surface area contributed by atoms with Crippen LogP contribution in [-0.2, 0) is 9.36 Å². The van der Waals surface area contributed by atoms with Crippen LogP contribution in [0.5, 0.6) is 5.75 Å². The van der Waals surface area contributed by atoms with Crippen molar-refractivity contribution in [1.29, 1.82) is 0 Å². The standard InChI is InChI=1S/C22H23FNO5PS2/c1-3-11-31-22(27)14(2)24-30(28,29-17-7-5-4-6-8-17)20(23)15-9-10-18-16(12-15)13-19(32-18)21(25)26/h4-10,12-14,20H,3,11H2,1-2H3,(H,24,28)(H,25,26)/t14-,20?,30?/m0/s1. The van der Waals surface area contributed by atoms with Crippen molar-refractivity contribution in [2.75, 3.05) is 5.75 Å². The fourth-order valence-electron chi connectivity index (χ4n) is 2.94. The normalized spacial score (nSPS) is 15.1. The zero-order valence-corrected chi connectivity index (χ0v) is 20.0. The summed E-state index contributed by atoms with van der Waals surface area (Å²) in [6, 6.07) is 13.3. The highest BCUT2D eigenvalue weighted by atomic mass is 32.2. The summed E-state index contributed by atoms with van der Waals surface area (Å²) < 4.78 is 35.8. The van der Waals surface area contributed by atoms with Gasteiger partial charge in [0.15, 0.2) is 0 Å². The van der Waals surface area contributed by atoms with E-state index in [0.29, 0.717) is 15.8 Å². The van der Waals surface area contributed by atoms with Crippen LogP contribution in [0.15, 0.2) is 54.6 Å². The molecule has 1 heterocycles. The molecule has 0 saturated carbocycles. The first-order valence-corrected chi connectivity index (χ1v) is 13.4. The van der Waals surface area contributed by atoms with Gasteiger partial charge in [0, 0.05) is 10.5 Å². The minimum atomic E-state index is -4.25. The molecule has 0 amide bonds. The number of carboxylic acid groups (broad SMARTS) is 1. The molecule has 6 nitrogen and oxygen atoms in total. The molecule has 3 rings (SSSR count). The molecular formula is C22H23FNO5PS2. The van der Waals surface area contributed by atoms with Gasteiger partial charge in [-0.05, 0) is 54.6 Å². The van der Waals surface area contributed by atoms with Crippen molar-refractivity contribution in [2.45, 2.75) is 32.2 Å². The molecule has 0 saturated heterocycles. The smallest absolute Gasteiger partial charge is 0.355 e. The van der Waals surface area contributed by atoms with E-state index < -0.39 is 25.4 Å². The van der Waals surface area contributed by atoms with Crippen molar-refractivity contribution in [3.05, 3.63) is 65.0 Å². The highest BCUT2D eigenvalue weighted by Gasteiger charge is 2.40. The largest absolute Gasteiger partial charge is 0.477 e. The minimum Gasteiger partial charge on any atom is -0.477 e. The minimum absolute atomic E-state index is 0.0693. The first-order chi connectivity index (χ1) is 15.2. The van der Waals surface area contributed by atoms with Crippen LogP contribution in [0.4, 0.5) is 4.39 Å². The lowest BCUT2D eigenvalue weighted by Gasteiger charge is -2.26. The molecule has 0 aliphatic carbocycles. The van der Waals surface area contributed by atoms with E-state index in [9.17, 15) is 19.3 Å². The highest BCUT2D eigenvalue weighted by molar-refractivity contribution is 8.13. The van der Waals surface area contributed by atoms with Crippen LogP contribution in [0, 0.1) is 0 Å². The van der Waals surface area contributed by atoms with Gasteiger partial charge in [-0.15, -0.1) is 11.3 Å². The van der Waals surface area contributed by atoms with Gasteiger partial charge in [-0.2, -0.15) is 0 Å². The molecule has 0 spiro atoms.